The third-order valence-corrected chi connectivity index (χ3v) is 2.08. The zero-order valence-electron chi connectivity index (χ0n) is 8.08. The van der Waals surface area contributed by atoms with Crippen LogP contribution in [0.3, 0.4) is 0 Å². The first kappa shape index (κ1) is 9.30. The predicted molar refractivity (Wildman–Crippen MR) is 53.9 cm³/mol. The fourth-order valence-corrected chi connectivity index (χ4v) is 1.26. The maximum absolute atomic E-state index is 10.2. The molecule has 1 aromatic heterocycles. The van der Waals surface area contributed by atoms with Crippen LogP contribution < -0.4 is 0 Å². The average Bonchev–Trinajstić information content (AvgIpc) is 2.75. The summed E-state index contributed by atoms with van der Waals surface area (Å²) in [4.78, 5) is 13.8. The number of hydrogen-bond donors (Lipinski definition) is 0. The lowest BCUT2D eigenvalue weighted by atomic mass is 10.2. The predicted octanol–water partition coefficient (Wildman–Crippen LogP) is 1.54. The van der Waals surface area contributed by atoms with Crippen LogP contribution in [0.1, 0.15) is 5.56 Å². The van der Waals surface area contributed by atoms with Crippen molar-refractivity contribution in [2.24, 2.45) is 4.99 Å². The van der Waals surface area contributed by atoms with Gasteiger partial charge in [0, 0.05) is 0 Å². The summed E-state index contributed by atoms with van der Waals surface area (Å²) in [6.45, 7) is 1.88. The molecule has 0 saturated carbocycles. The molecule has 2 aromatic rings. The summed E-state index contributed by atoms with van der Waals surface area (Å²) in [5.41, 5.74) is 2.39. The zero-order chi connectivity index (χ0) is 10.7. The molecule has 0 amide bonds. The highest BCUT2D eigenvalue weighted by Crippen LogP contribution is 2.21. The van der Waals surface area contributed by atoms with Crippen LogP contribution in [-0.4, -0.2) is 20.8 Å². The van der Waals surface area contributed by atoms with Gasteiger partial charge in [0.2, 0.25) is 6.08 Å². The molecule has 1 aromatic carbocycles. The molecule has 0 radical (unpaired) electrons. The lowest BCUT2D eigenvalue weighted by Gasteiger charge is -2.03. The SMILES string of the molecule is Cc1ccc(-n2cnnc2)cc1N=C=O. The van der Waals surface area contributed by atoms with Crippen LogP contribution in [0.5, 0.6) is 0 Å². The molecule has 0 aliphatic heterocycles. The van der Waals surface area contributed by atoms with Gasteiger partial charge in [0.05, 0.1) is 11.4 Å². The van der Waals surface area contributed by atoms with Gasteiger partial charge in [-0.3, -0.25) is 4.57 Å². The van der Waals surface area contributed by atoms with Crippen LogP contribution >= 0.6 is 0 Å². The Bertz CT molecular complexity index is 512. The van der Waals surface area contributed by atoms with E-state index in [4.69, 9.17) is 0 Å². The summed E-state index contributed by atoms with van der Waals surface area (Å²) in [6.07, 6.45) is 4.70. The number of isocyanates is 1. The van der Waals surface area contributed by atoms with Crippen molar-refractivity contribution in [1.29, 1.82) is 0 Å². The van der Waals surface area contributed by atoms with Crippen molar-refractivity contribution < 1.29 is 4.79 Å². The first-order valence-electron chi connectivity index (χ1n) is 4.35. The van der Waals surface area contributed by atoms with E-state index in [1.54, 1.807) is 23.3 Å². The molecular weight excluding hydrogens is 192 g/mol. The standard InChI is InChI=1S/C10H8N4O/c1-8-2-3-9(4-10(8)11-7-15)14-5-12-13-6-14/h2-6H,1H3. The number of aromatic nitrogens is 3. The maximum atomic E-state index is 10.2. The summed E-state index contributed by atoms with van der Waals surface area (Å²) >= 11 is 0. The van der Waals surface area contributed by atoms with E-state index in [1.165, 1.54) is 6.08 Å². The van der Waals surface area contributed by atoms with Crippen LogP contribution in [0.2, 0.25) is 0 Å². The van der Waals surface area contributed by atoms with Gasteiger partial charge in [-0.05, 0) is 24.6 Å². The maximum Gasteiger partial charge on any atom is 0.240 e. The number of carbonyl (C=O) groups excluding carboxylic acids is 1. The van der Waals surface area contributed by atoms with Crippen LogP contribution in [-0.2, 0) is 4.79 Å². The van der Waals surface area contributed by atoms with Gasteiger partial charge in [0.1, 0.15) is 12.7 Å². The van der Waals surface area contributed by atoms with E-state index < -0.39 is 0 Å². The Morgan fingerprint density at radius 1 is 1.33 bits per heavy atom. The van der Waals surface area contributed by atoms with Crippen molar-refractivity contribution in [3.05, 3.63) is 36.4 Å². The van der Waals surface area contributed by atoms with E-state index in [0.717, 1.165) is 11.3 Å². The Labute approximate surface area is 86.1 Å². The van der Waals surface area contributed by atoms with Crippen LogP contribution in [0, 0.1) is 6.92 Å². The fourth-order valence-electron chi connectivity index (χ4n) is 1.26. The minimum atomic E-state index is 0.608. The highest BCUT2D eigenvalue weighted by Gasteiger charge is 2.00. The van der Waals surface area contributed by atoms with E-state index in [2.05, 4.69) is 15.2 Å². The smallest absolute Gasteiger partial charge is 0.240 e. The molecule has 0 bridgehead atoms. The van der Waals surface area contributed by atoms with E-state index in [0.29, 0.717) is 5.69 Å². The molecule has 2 rings (SSSR count). The summed E-state index contributed by atoms with van der Waals surface area (Å²) in [5.74, 6) is 0. The van der Waals surface area contributed by atoms with Gasteiger partial charge in [-0.2, -0.15) is 4.99 Å². The number of benzene rings is 1. The monoisotopic (exact) mass is 200 g/mol. The molecule has 0 fully saturated rings. The molecule has 74 valence electrons. The highest BCUT2D eigenvalue weighted by atomic mass is 16.1. The first-order chi connectivity index (χ1) is 7.31. The molecule has 1 heterocycles. The van der Waals surface area contributed by atoms with Gasteiger partial charge >= 0.3 is 0 Å². The Hall–Kier alpha value is -2.26. The lowest BCUT2D eigenvalue weighted by molar-refractivity contribution is 0.565. The average molecular weight is 200 g/mol. The minimum absolute atomic E-state index is 0.608. The van der Waals surface area contributed by atoms with Gasteiger partial charge in [0.15, 0.2) is 0 Å². The van der Waals surface area contributed by atoms with Crippen molar-refractivity contribution in [3.8, 4) is 5.69 Å². The number of rotatable bonds is 2. The van der Waals surface area contributed by atoms with Gasteiger partial charge < -0.3 is 0 Å². The molecule has 0 unspecified atom stereocenters. The molecule has 0 spiro atoms. The van der Waals surface area contributed by atoms with Crippen LogP contribution in [0.15, 0.2) is 35.8 Å². The molecular formula is C10H8N4O. The Balaban J connectivity index is 2.52. The van der Waals surface area contributed by atoms with Crippen LogP contribution in [0.4, 0.5) is 5.69 Å². The summed E-state index contributed by atoms with van der Waals surface area (Å²) in [7, 11) is 0. The first-order valence-corrected chi connectivity index (χ1v) is 4.35. The molecule has 5 nitrogen and oxygen atoms in total. The number of hydrogen-bond acceptors (Lipinski definition) is 4. The molecule has 0 N–H and O–H groups in total. The van der Waals surface area contributed by atoms with Crippen LogP contribution in [0.25, 0.3) is 5.69 Å². The Kier molecular flexibility index (Phi) is 2.39. The molecule has 5 heteroatoms. The minimum Gasteiger partial charge on any atom is -0.288 e. The lowest BCUT2D eigenvalue weighted by Crippen LogP contribution is -1.89. The second kappa shape index (κ2) is 3.86. The van der Waals surface area contributed by atoms with E-state index in [1.807, 2.05) is 19.1 Å². The normalized spacial score (nSPS) is 9.67. The topological polar surface area (TPSA) is 60.1 Å². The van der Waals surface area contributed by atoms with E-state index >= 15 is 0 Å². The van der Waals surface area contributed by atoms with Crippen molar-refractivity contribution >= 4 is 11.8 Å². The van der Waals surface area contributed by atoms with Gasteiger partial charge in [-0.25, -0.2) is 4.79 Å². The van der Waals surface area contributed by atoms with Crippen molar-refractivity contribution in [3.63, 3.8) is 0 Å². The number of aryl methyl sites for hydroxylation is 1. The van der Waals surface area contributed by atoms with E-state index in [9.17, 15) is 4.79 Å². The molecule has 0 aliphatic carbocycles. The fraction of sp³-hybridized carbons (Fsp3) is 0.100. The third-order valence-electron chi connectivity index (χ3n) is 2.08. The summed E-state index contributed by atoms with van der Waals surface area (Å²) in [6, 6.07) is 5.57. The molecule has 0 atom stereocenters. The number of nitrogens with zero attached hydrogens (tertiary/aromatic N) is 4. The molecule has 0 aliphatic rings. The highest BCUT2D eigenvalue weighted by molar-refractivity contribution is 5.57. The van der Waals surface area contributed by atoms with Gasteiger partial charge in [0.25, 0.3) is 0 Å². The van der Waals surface area contributed by atoms with Gasteiger partial charge in [-0.15, -0.1) is 10.2 Å². The second-order valence-corrected chi connectivity index (χ2v) is 3.04. The Morgan fingerprint density at radius 3 is 2.73 bits per heavy atom. The van der Waals surface area contributed by atoms with Crippen molar-refractivity contribution in [2.45, 2.75) is 6.92 Å². The molecule has 0 saturated heterocycles. The Morgan fingerprint density at radius 2 is 2.07 bits per heavy atom. The van der Waals surface area contributed by atoms with E-state index in [-0.39, 0.29) is 0 Å². The van der Waals surface area contributed by atoms with Crippen molar-refractivity contribution in [1.82, 2.24) is 14.8 Å². The summed E-state index contributed by atoms with van der Waals surface area (Å²) < 4.78 is 1.74. The summed E-state index contributed by atoms with van der Waals surface area (Å²) in [5, 5.41) is 7.40. The number of aliphatic imine (C=N–C) groups is 1. The molecule has 15 heavy (non-hydrogen) atoms. The van der Waals surface area contributed by atoms with Crippen molar-refractivity contribution in [2.75, 3.05) is 0 Å². The quantitative estimate of drug-likeness (QED) is 0.545. The third kappa shape index (κ3) is 1.82. The zero-order valence-corrected chi connectivity index (χ0v) is 8.08. The largest absolute Gasteiger partial charge is 0.288 e. The van der Waals surface area contributed by atoms with Gasteiger partial charge in [-0.1, -0.05) is 6.07 Å². The second-order valence-electron chi connectivity index (χ2n) is 3.04.